The van der Waals surface area contributed by atoms with Gasteiger partial charge in [0.25, 0.3) is 0 Å². The van der Waals surface area contributed by atoms with Gasteiger partial charge in [-0.2, -0.15) is 13.2 Å². The van der Waals surface area contributed by atoms with Gasteiger partial charge in [0.2, 0.25) is 0 Å². The smallest absolute Gasteiger partial charge is 0.354 e. The Labute approximate surface area is 141 Å². The fourth-order valence-corrected chi connectivity index (χ4v) is 2.59. The van der Waals surface area contributed by atoms with Crippen LogP contribution in [0.25, 0.3) is 0 Å². The molecule has 136 valence electrons. The quantitative estimate of drug-likeness (QED) is 0.907. The van der Waals surface area contributed by atoms with Gasteiger partial charge in [0.1, 0.15) is 17.3 Å². The largest absolute Gasteiger partial charge is 0.433 e. The highest BCUT2D eigenvalue weighted by Gasteiger charge is 2.35. The average molecular weight is 345 g/mol. The number of piperazine rings is 1. The molecule has 0 unspecified atom stereocenters. The zero-order valence-corrected chi connectivity index (χ0v) is 14.5. The van der Waals surface area contributed by atoms with Gasteiger partial charge in [-0.05, 0) is 19.5 Å². The molecule has 0 bridgehead atoms. The first-order valence-corrected chi connectivity index (χ1v) is 8.25. The first kappa shape index (κ1) is 18.9. The molecule has 2 N–H and O–H groups in total. The zero-order chi connectivity index (χ0) is 18.0. The summed E-state index contributed by atoms with van der Waals surface area (Å²) in [5.41, 5.74) is 4.10. The number of halogens is 3. The van der Waals surface area contributed by atoms with Gasteiger partial charge in [-0.15, -0.1) is 0 Å². The van der Waals surface area contributed by atoms with Crippen LogP contribution in [0, 0.1) is 0 Å². The van der Waals surface area contributed by atoms with Crippen LogP contribution >= 0.6 is 0 Å². The molecule has 0 spiro atoms. The highest BCUT2D eigenvalue weighted by atomic mass is 19.4. The Kier molecular flexibility index (Phi) is 5.70. The van der Waals surface area contributed by atoms with Crippen LogP contribution in [0.4, 0.5) is 19.0 Å². The zero-order valence-electron chi connectivity index (χ0n) is 14.5. The standard InChI is InChI=1S/C16H26F3N5/c1-15(2,3)14-21-12(16(17,18)19)11-13(22-14)24-9-7-23(8-10-24)6-4-5-20/h11H,4-10,20H2,1-3H3. The van der Waals surface area contributed by atoms with E-state index in [4.69, 9.17) is 5.73 Å². The Bertz CT molecular complexity index is 513. The van der Waals surface area contributed by atoms with Crippen LogP contribution in [0.3, 0.4) is 0 Å². The van der Waals surface area contributed by atoms with E-state index < -0.39 is 17.3 Å². The predicted octanol–water partition coefficient (Wildman–Crippen LogP) is 2.26. The van der Waals surface area contributed by atoms with Crippen LogP contribution in [0.5, 0.6) is 0 Å². The predicted molar refractivity (Wildman–Crippen MR) is 88.1 cm³/mol. The van der Waals surface area contributed by atoms with Crippen LogP contribution in [0.15, 0.2) is 6.07 Å². The normalized spacial score (nSPS) is 17.4. The van der Waals surface area contributed by atoms with Crippen molar-refractivity contribution in [3.8, 4) is 0 Å². The summed E-state index contributed by atoms with van der Waals surface area (Å²) in [6, 6.07) is 1.06. The molecule has 8 heteroatoms. The number of aromatic nitrogens is 2. The van der Waals surface area contributed by atoms with Crippen molar-refractivity contribution in [2.45, 2.75) is 38.8 Å². The first-order valence-electron chi connectivity index (χ1n) is 8.25. The molecule has 1 aromatic heterocycles. The van der Waals surface area contributed by atoms with Crippen LogP contribution in [0.1, 0.15) is 38.7 Å². The molecule has 0 saturated carbocycles. The van der Waals surface area contributed by atoms with Crippen molar-refractivity contribution in [2.75, 3.05) is 44.2 Å². The summed E-state index contributed by atoms with van der Waals surface area (Å²) in [4.78, 5) is 12.3. The second-order valence-corrected chi connectivity index (χ2v) is 7.15. The Balaban J connectivity index is 2.21. The molecule has 1 aromatic rings. The van der Waals surface area contributed by atoms with E-state index in [9.17, 15) is 13.2 Å². The molecule has 0 radical (unpaired) electrons. The van der Waals surface area contributed by atoms with E-state index in [1.54, 1.807) is 0 Å². The average Bonchev–Trinajstić information content (AvgIpc) is 2.51. The maximum absolute atomic E-state index is 13.2. The van der Waals surface area contributed by atoms with Crippen LogP contribution < -0.4 is 10.6 Å². The van der Waals surface area contributed by atoms with Gasteiger partial charge in [0, 0.05) is 37.7 Å². The fourth-order valence-electron chi connectivity index (χ4n) is 2.59. The Morgan fingerprint density at radius 1 is 1.08 bits per heavy atom. The highest BCUT2D eigenvalue weighted by Crippen LogP contribution is 2.32. The van der Waals surface area contributed by atoms with Crippen LogP contribution in [-0.2, 0) is 11.6 Å². The van der Waals surface area contributed by atoms with Crippen molar-refractivity contribution in [1.29, 1.82) is 0 Å². The molecule has 2 heterocycles. The van der Waals surface area contributed by atoms with Gasteiger partial charge in [-0.25, -0.2) is 9.97 Å². The van der Waals surface area contributed by atoms with Gasteiger partial charge < -0.3 is 10.6 Å². The molecule has 1 aliphatic rings. The number of rotatable bonds is 4. The van der Waals surface area contributed by atoms with E-state index in [1.165, 1.54) is 0 Å². The van der Waals surface area contributed by atoms with E-state index >= 15 is 0 Å². The molecule has 1 saturated heterocycles. The van der Waals surface area contributed by atoms with Crippen LogP contribution in [0.2, 0.25) is 0 Å². The second kappa shape index (κ2) is 7.23. The minimum absolute atomic E-state index is 0.220. The summed E-state index contributed by atoms with van der Waals surface area (Å²) >= 11 is 0. The number of anilines is 1. The van der Waals surface area contributed by atoms with Gasteiger partial charge in [0.05, 0.1) is 0 Å². The highest BCUT2D eigenvalue weighted by molar-refractivity contribution is 5.42. The van der Waals surface area contributed by atoms with Crippen molar-refractivity contribution >= 4 is 5.82 Å². The Morgan fingerprint density at radius 2 is 1.71 bits per heavy atom. The van der Waals surface area contributed by atoms with Crippen molar-refractivity contribution in [3.05, 3.63) is 17.6 Å². The molecule has 0 aliphatic carbocycles. The first-order chi connectivity index (χ1) is 11.1. The number of alkyl halides is 3. The maximum Gasteiger partial charge on any atom is 0.433 e. The monoisotopic (exact) mass is 345 g/mol. The molecule has 1 aliphatic heterocycles. The van der Waals surface area contributed by atoms with Crippen molar-refractivity contribution in [1.82, 2.24) is 14.9 Å². The van der Waals surface area contributed by atoms with Gasteiger partial charge in [-0.1, -0.05) is 20.8 Å². The van der Waals surface area contributed by atoms with E-state index in [0.717, 1.165) is 32.1 Å². The fraction of sp³-hybridized carbons (Fsp3) is 0.750. The van der Waals surface area contributed by atoms with Crippen molar-refractivity contribution < 1.29 is 13.2 Å². The second-order valence-electron chi connectivity index (χ2n) is 7.15. The van der Waals surface area contributed by atoms with Gasteiger partial charge in [0.15, 0.2) is 0 Å². The summed E-state index contributed by atoms with van der Waals surface area (Å²) in [5.74, 6) is 0.582. The van der Waals surface area contributed by atoms with E-state index in [1.807, 2.05) is 25.7 Å². The Hall–Kier alpha value is -1.41. The maximum atomic E-state index is 13.2. The number of nitrogens with two attached hydrogens (primary N) is 1. The molecular formula is C16H26F3N5. The number of nitrogens with zero attached hydrogens (tertiary/aromatic N) is 4. The summed E-state index contributed by atoms with van der Waals surface area (Å²) in [6.07, 6.45) is -3.54. The molecular weight excluding hydrogens is 319 g/mol. The van der Waals surface area contributed by atoms with Crippen LogP contribution in [-0.4, -0.2) is 54.1 Å². The lowest BCUT2D eigenvalue weighted by atomic mass is 9.95. The minimum atomic E-state index is -4.47. The molecule has 1 fully saturated rings. The van der Waals surface area contributed by atoms with E-state index in [2.05, 4.69) is 14.9 Å². The molecule has 0 amide bonds. The lowest BCUT2D eigenvalue weighted by molar-refractivity contribution is -0.141. The van der Waals surface area contributed by atoms with Gasteiger partial charge >= 0.3 is 6.18 Å². The molecule has 0 atom stereocenters. The molecule has 24 heavy (non-hydrogen) atoms. The summed E-state index contributed by atoms with van der Waals surface area (Å²) < 4.78 is 39.5. The SMILES string of the molecule is CC(C)(C)c1nc(N2CCN(CCCN)CC2)cc(C(F)(F)F)n1. The topological polar surface area (TPSA) is 58.3 Å². The van der Waals surface area contributed by atoms with Crippen molar-refractivity contribution in [2.24, 2.45) is 5.73 Å². The lowest BCUT2D eigenvalue weighted by Crippen LogP contribution is -2.47. The van der Waals surface area contributed by atoms with Gasteiger partial charge in [-0.3, -0.25) is 4.90 Å². The third-order valence-electron chi connectivity index (χ3n) is 4.05. The van der Waals surface area contributed by atoms with E-state index in [0.29, 0.717) is 25.5 Å². The van der Waals surface area contributed by atoms with Crippen molar-refractivity contribution in [3.63, 3.8) is 0 Å². The third-order valence-corrected chi connectivity index (χ3v) is 4.05. The lowest BCUT2D eigenvalue weighted by Gasteiger charge is -2.36. The van der Waals surface area contributed by atoms with E-state index in [-0.39, 0.29) is 5.82 Å². The number of hydrogen-bond donors (Lipinski definition) is 1. The molecule has 2 rings (SSSR count). The summed E-state index contributed by atoms with van der Waals surface area (Å²) in [6.45, 7) is 9.94. The third kappa shape index (κ3) is 4.80. The minimum Gasteiger partial charge on any atom is -0.354 e. The summed E-state index contributed by atoms with van der Waals surface area (Å²) in [7, 11) is 0. The molecule has 5 nitrogen and oxygen atoms in total. The summed E-state index contributed by atoms with van der Waals surface area (Å²) in [5, 5.41) is 0. The molecule has 0 aromatic carbocycles. The Morgan fingerprint density at radius 3 is 2.21 bits per heavy atom. The number of hydrogen-bond acceptors (Lipinski definition) is 5.